The second-order valence-corrected chi connectivity index (χ2v) is 9.91. The third-order valence-electron chi connectivity index (χ3n) is 6.92. The summed E-state index contributed by atoms with van der Waals surface area (Å²) in [5, 5.41) is 27.3. The zero-order chi connectivity index (χ0) is 26.9. The Morgan fingerprint density at radius 1 is 1.00 bits per heavy atom. The van der Waals surface area contributed by atoms with Crippen molar-refractivity contribution in [3.8, 4) is 0 Å². The average molecular weight is 507 g/mol. The first-order valence-electron chi connectivity index (χ1n) is 12.6. The molecule has 2 heterocycles. The standard InChI is InChI=1S/C32H30N2O4/c1-21-12-14-26(22(2)17-21)31(24-9-5-4-6-10-24)33-30(35)19-23-13-15-27-25(18-23)20-29(38-27)32(3,36)28-11-7-8-16-34(28)37/h4-18,20,31,36H,19H2,1-3H3,(H,33,35)/t31-,32?/m0/s1. The maximum Gasteiger partial charge on any atom is 0.232 e. The predicted molar refractivity (Wildman–Crippen MR) is 146 cm³/mol. The Morgan fingerprint density at radius 3 is 2.50 bits per heavy atom. The van der Waals surface area contributed by atoms with Gasteiger partial charge in [-0.2, -0.15) is 4.73 Å². The molecule has 0 spiro atoms. The zero-order valence-corrected chi connectivity index (χ0v) is 21.6. The van der Waals surface area contributed by atoms with Gasteiger partial charge in [0.15, 0.2) is 6.20 Å². The van der Waals surface area contributed by atoms with E-state index in [2.05, 4.69) is 37.4 Å². The van der Waals surface area contributed by atoms with Gasteiger partial charge in [0.1, 0.15) is 11.3 Å². The maximum atomic E-state index is 13.3. The van der Waals surface area contributed by atoms with Gasteiger partial charge in [0.2, 0.25) is 17.2 Å². The number of benzene rings is 3. The number of pyridine rings is 1. The van der Waals surface area contributed by atoms with Crippen molar-refractivity contribution in [2.45, 2.75) is 38.8 Å². The summed E-state index contributed by atoms with van der Waals surface area (Å²) < 4.78 is 6.53. The molecule has 2 atom stereocenters. The normalized spacial score (nSPS) is 13.7. The zero-order valence-electron chi connectivity index (χ0n) is 21.6. The monoisotopic (exact) mass is 506 g/mol. The number of hydrogen-bond donors (Lipinski definition) is 2. The molecule has 0 saturated heterocycles. The largest absolute Gasteiger partial charge is 0.618 e. The number of aryl methyl sites for hydroxylation is 2. The topological polar surface area (TPSA) is 89.4 Å². The number of nitrogens with zero attached hydrogens (tertiary/aromatic N) is 1. The third-order valence-corrected chi connectivity index (χ3v) is 6.92. The summed E-state index contributed by atoms with van der Waals surface area (Å²) in [5.74, 6) is 0.148. The highest BCUT2D eigenvalue weighted by Crippen LogP contribution is 2.32. The fourth-order valence-corrected chi connectivity index (χ4v) is 4.91. The molecule has 192 valence electrons. The van der Waals surface area contributed by atoms with Gasteiger partial charge in [-0.05, 0) is 67.3 Å². The fraction of sp³-hybridized carbons (Fsp3) is 0.188. The summed E-state index contributed by atoms with van der Waals surface area (Å²) >= 11 is 0. The lowest BCUT2D eigenvalue weighted by Crippen LogP contribution is -2.40. The molecule has 0 aliphatic rings. The Morgan fingerprint density at radius 2 is 1.76 bits per heavy atom. The van der Waals surface area contributed by atoms with Crippen molar-refractivity contribution < 1.29 is 19.0 Å². The van der Waals surface area contributed by atoms with Crippen molar-refractivity contribution in [2.24, 2.45) is 0 Å². The minimum atomic E-state index is -1.62. The molecule has 5 aromatic rings. The molecule has 6 heteroatoms. The second-order valence-electron chi connectivity index (χ2n) is 9.91. The SMILES string of the molecule is Cc1ccc([C@@H](NC(=O)Cc2ccc3oc(C(C)(O)c4cccc[n+]4[O-])cc3c2)c2ccccc2)c(C)c1. The van der Waals surface area contributed by atoms with Gasteiger partial charge in [-0.25, -0.2) is 0 Å². The molecule has 0 aliphatic heterocycles. The molecule has 6 nitrogen and oxygen atoms in total. The summed E-state index contributed by atoms with van der Waals surface area (Å²) in [6.07, 6.45) is 1.52. The predicted octanol–water partition coefficient (Wildman–Crippen LogP) is 5.39. The van der Waals surface area contributed by atoms with Crippen LogP contribution in [0.4, 0.5) is 0 Å². The minimum absolute atomic E-state index is 0.106. The number of rotatable bonds is 7. The third kappa shape index (κ3) is 5.04. The minimum Gasteiger partial charge on any atom is -0.618 e. The molecule has 2 N–H and O–H groups in total. The molecule has 0 bridgehead atoms. The number of nitrogens with one attached hydrogen (secondary N) is 1. The number of aliphatic hydroxyl groups is 1. The molecule has 1 amide bonds. The second kappa shape index (κ2) is 10.1. The molecular formula is C32H30N2O4. The molecule has 0 radical (unpaired) electrons. The van der Waals surface area contributed by atoms with E-state index in [0.29, 0.717) is 10.3 Å². The molecule has 2 aromatic heterocycles. The van der Waals surface area contributed by atoms with Crippen molar-refractivity contribution in [3.63, 3.8) is 0 Å². The number of aromatic nitrogens is 1. The number of carbonyl (C=O) groups is 1. The van der Waals surface area contributed by atoms with Crippen LogP contribution in [0.2, 0.25) is 0 Å². The first-order valence-corrected chi connectivity index (χ1v) is 12.6. The highest BCUT2D eigenvalue weighted by molar-refractivity contribution is 5.83. The van der Waals surface area contributed by atoms with Gasteiger partial charge in [0.25, 0.3) is 0 Å². The van der Waals surface area contributed by atoms with E-state index in [1.807, 2.05) is 42.5 Å². The van der Waals surface area contributed by atoms with E-state index in [4.69, 9.17) is 4.42 Å². The van der Waals surface area contributed by atoms with Crippen LogP contribution in [0.1, 0.15) is 52.2 Å². The quantitative estimate of drug-likeness (QED) is 0.229. The number of amides is 1. The molecule has 3 aromatic carbocycles. The number of hydrogen-bond acceptors (Lipinski definition) is 4. The highest BCUT2D eigenvalue weighted by Gasteiger charge is 2.36. The smallest absolute Gasteiger partial charge is 0.232 e. The summed E-state index contributed by atoms with van der Waals surface area (Å²) in [4.78, 5) is 13.3. The summed E-state index contributed by atoms with van der Waals surface area (Å²) in [6.45, 7) is 5.65. The van der Waals surface area contributed by atoms with Crippen molar-refractivity contribution in [1.82, 2.24) is 5.32 Å². The Bertz CT molecular complexity index is 1600. The van der Waals surface area contributed by atoms with E-state index >= 15 is 0 Å². The number of fused-ring (bicyclic) bond motifs is 1. The Hall–Kier alpha value is -4.42. The summed E-state index contributed by atoms with van der Waals surface area (Å²) in [7, 11) is 0. The van der Waals surface area contributed by atoms with E-state index in [1.54, 1.807) is 30.3 Å². The molecule has 0 saturated carbocycles. The molecule has 38 heavy (non-hydrogen) atoms. The number of carbonyl (C=O) groups excluding carboxylic acids is 1. The first-order chi connectivity index (χ1) is 18.2. The van der Waals surface area contributed by atoms with Crippen LogP contribution in [0.3, 0.4) is 0 Å². The summed E-state index contributed by atoms with van der Waals surface area (Å²) in [6, 6.07) is 28.0. The summed E-state index contributed by atoms with van der Waals surface area (Å²) in [5.41, 5.74) is 4.30. The van der Waals surface area contributed by atoms with E-state index in [9.17, 15) is 15.1 Å². The molecule has 5 rings (SSSR count). The lowest BCUT2D eigenvalue weighted by Gasteiger charge is -2.22. The molecule has 0 aliphatic carbocycles. The lowest BCUT2D eigenvalue weighted by molar-refractivity contribution is -0.621. The van der Waals surface area contributed by atoms with Crippen molar-refractivity contribution >= 4 is 16.9 Å². The molecule has 1 unspecified atom stereocenters. The van der Waals surface area contributed by atoms with Crippen LogP contribution in [-0.2, 0) is 16.8 Å². The van der Waals surface area contributed by atoms with Crippen LogP contribution in [0, 0.1) is 19.1 Å². The van der Waals surface area contributed by atoms with Crippen LogP contribution >= 0.6 is 0 Å². The molecular weight excluding hydrogens is 476 g/mol. The van der Waals surface area contributed by atoms with E-state index in [-0.39, 0.29) is 29.8 Å². The maximum absolute atomic E-state index is 13.3. The van der Waals surface area contributed by atoms with Gasteiger partial charge in [0.05, 0.1) is 12.5 Å². The Labute approximate surface area is 221 Å². The average Bonchev–Trinajstić information content (AvgIpc) is 3.33. The Kier molecular flexibility index (Phi) is 6.74. The lowest BCUT2D eigenvalue weighted by atomic mass is 9.93. The van der Waals surface area contributed by atoms with Crippen LogP contribution in [0.25, 0.3) is 11.0 Å². The highest BCUT2D eigenvalue weighted by atomic mass is 16.5. The molecule has 0 fully saturated rings. The van der Waals surface area contributed by atoms with E-state index < -0.39 is 5.60 Å². The van der Waals surface area contributed by atoms with Gasteiger partial charge in [0, 0.05) is 17.5 Å². The Balaban J connectivity index is 1.39. The van der Waals surface area contributed by atoms with Crippen molar-refractivity contribution in [3.05, 3.63) is 142 Å². The van der Waals surface area contributed by atoms with Crippen molar-refractivity contribution in [1.29, 1.82) is 0 Å². The fourth-order valence-electron chi connectivity index (χ4n) is 4.91. The van der Waals surface area contributed by atoms with Crippen LogP contribution in [0.15, 0.2) is 102 Å². The van der Waals surface area contributed by atoms with Crippen molar-refractivity contribution in [2.75, 3.05) is 0 Å². The van der Waals surface area contributed by atoms with Gasteiger partial charge >= 0.3 is 0 Å². The van der Waals surface area contributed by atoms with Crippen LogP contribution in [0.5, 0.6) is 0 Å². The van der Waals surface area contributed by atoms with E-state index in [0.717, 1.165) is 27.6 Å². The van der Waals surface area contributed by atoms with Gasteiger partial charge < -0.3 is 20.0 Å². The van der Waals surface area contributed by atoms with E-state index in [1.165, 1.54) is 18.7 Å². The number of furan rings is 1. The first kappa shape index (κ1) is 25.2. The van der Waals surface area contributed by atoms with Crippen LogP contribution in [-0.4, -0.2) is 11.0 Å². The van der Waals surface area contributed by atoms with Gasteiger partial charge in [-0.3, -0.25) is 4.79 Å². The van der Waals surface area contributed by atoms with Gasteiger partial charge in [-0.15, -0.1) is 0 Å². The van der Waals surface area contributed by atoms with Gasteiger partial charge in [-0.1, -0.05) is 60.2 Å². The van der Waals surface area contributed by atoms with Crippen LogP contribution < -0.4 is 10.0 Å².